The highest BCUT2D eigenvalue weighted by Crippen LogP contribution is 2.39. The van der Waals surface area contributed by atoms with Crippen LogP contribution in [0.2, 0.25) is 0 Å². The maximum Gasteiger partial charge on any atom is 0.289 e. The van der Waals surface area contributed by atoms with Gasteiger partial charge in [0.2, 0.25) is 0 Å². The number of nitrogens with zero attached hydrogens (tertiary/aromatic N) is 1. The van der Waals surface area contributed by atoms with Crippen molar-refractivity contribution in [3.05, 3.63) is 24.8 Å². The largest absolute Gasteiger partial charge is 0.506 e. The molecule has 22 heavy (non-hydrogen) atoms. The van der Waals surface area contributed by atoms with Gasteiger partial charge in [-0.15, -0.1) is 12.4 Å². The minimum Gasteiger partial charge on any atom is -0.506 e. The van der Waals surface area contributed by atoms with Gasteiger partial charge >= 0.3 is 0 Å². The van der Waals surface area contributed by atoms with E-state index in [4.69, 9.17) is 5.11 Å². The van der Waals surface area contributed by atoms with Gasteiger partial charge in [-0.25, -0.2) is 8.78 Å². The summed E-state index contributed by atoms with van der Waals surface area (Å²) in [6.07, 6.45) is 0. The first-order valence-electron chi connectivity index (χ1n) is 6.48. The molecular formula is C13H17ClF2I2N2O2. The summed E-state index contributed by atoms with van der Waals surface area (Å²) in [7, 11) is 0. The van der Waals surface area contributed by atoms with Gasteiger partial charge in [0.25, 0.3) is 5.92 Å². The summed E-state index contributed by atoms with van der Waals surface area (Å²) >= 11 is 3.85. The normalized spacial score (nSPS) is 17.9. The van der Waals surface area contributed by atoms with Gasteiger partial charge in [0, 0.05) is 26.2 Å². The average Bonchev–Trinajstić information content (AvgIpc) is 2.46. The molecule has 1 saturated heterocycles. The van der Waals surface area contributed by atoms with Crippen LogP contribution in [-0.4, -0.2) is 53.8 Å². The Morgan fingerprint density at radius 3 is 2.18 bits per heavy atom. The molecule has 4 nitrogen and oxygen atoms in total. The molecule has 1 aromatic carbocycles. The van der Waals surface area contributed by atoms with Crippen molar-refractivity contribution in [2.45, 2.75) is 12.0 Å². The zero-order valence-corrected chi connectivity index (χ0v) is 16.7. The van der Waals surface area contributed by atoms with Crippen molar-refractivity contribution in [3.63, 3.8) is 0 Å². The van der Waals surface area contributed by atoms with Crippen LogP contribution in [0.1, 0.15) is 11.6 Å². The lowest BCUT2D eigenvalue weighted by atomic mass is 9.98. The molecule has 1 heterocycles. The van der Waals surface area contributed by atoms with E-state index in [1.807, 2.05) is 45.2 Å². The second-order valence-corrected chi connectivity index (χ2v) is 7.27. The quantitative estimate of drug-likeness (QED) is 0.496. The number of phenols is 1. The van der Waals surface area contributed by atoms with Gasteiger partial charge in [-0.2, -0.15) is 0 Å². The second kappa shape index (κ2) is 8.56. The molecule has 0 saturated carbocycles. The summed E-state index contributed by atoms with van der Waals surface area (Å²) in [5, 5.41) is 22.0. The van der Waals surface area contributed by atoms with Crippen molar-refractivity contribution in [1.29, 1.82) is 0 Å². The Bertz CT molecular complexity index is 494. The van der Waals surface area contributed by atoms with E-state index in [0.29, 0.717) is 38.9 Å². The minimum atomic E-state index is -3.24. The number of aromatic hydroxyl groups is 1. The standard InChI is InChI=1S/C13H16F2I2N2O2.ClH/c14-13(15,7-20)12(19-3-1-18-2-4-19)8-5-9(16)11(21)10(17)6-8;/h5-6,12,18,20-21H,1-4,7H2;1H/t12-;/m0./s1. The van der Waals surface area contributed by atoms with E-state index in [9.17, 15) is 13.9 Å². The minimum absolute atomic E-state index is 0. The highest BCUT2D eigenvalue weighted by Gasteiger charge is 2.44. The van der Waals surface area contributed by atoms with Gasteiger partial charge in [-0.1, -0.05) is 0 Å². The fraction of sp³-hybridized carbons (Fsp3) is 0.538. The Morgan fingerprint density at radius 2 is 1.73 bits per heavy atom. The number of alkyl halides is 2. The molecule has 3 N–H and O–H groups in total. The summed E-state index contributed by atoms with van der Waals surface area (Å²) in [6.45, 7) is 1.08. The van der Waals surface area contributed by atoms with E-state index in [-0.39, 0.29) is 18.2 Å². The Hall–Kier alpha value is 0.510. The fourth-order valence-electron chi connectivity index (χ4n) is 2.49. The van der Waals surface area contributed by atoms with Crippen molar-refractivity contribution in [1.82, 2.24) is 10.2 Å². The number of aliphatic hydroxyl groups is 1. The van der Waals surface area contributed by atoms with Crippen molar-refractivity contribution >= 4 is 57.6 Å². The van der Waals surface area contributed by atoms with E-state index in [1.54, 1.807) is 17.0 Å². The molecule has 1 aliphatic heterocycles. The van der Waals surface area contributed by atoms with Crippen LogP contribution in [0.4, 0.5) is 8.78 Å². The van der Waals surface area contributed by atoms with Gasteiger partial charge in [-0.05, 0) is 62.9 Å². The van der Waals surface area contributed by atoms with Gasteiger partial charge < -0.3 is 15.5 Å². The molecule has 1 aromatic rings. The molecule has 2 rings (SSSR count). The molecule has 0 amide bonds. The molecule has 1 atom stereocenters. The number of piperazine rings is 1. The van der Waals surface area contributed by atoms with Crippen LogP contribution in [0.3, 0.4) is 0 Å². The summed E-state index contributed by atoms with van der Waals surface area (Å²) in [5.41, 5.74) is 0.419. The highest BCUT2D eigenvalue weighted by atomic mass is 127. The number of hydrogen-bond acceptors (Lipinski definition) is 4. The number of benzene rings is 1. The lowest BCUT2D eigenvalue weighted by molar-refractivity contribution is -0.118. The number of aliphatic hydroxyl groups excluding tert-OH is 1. The van der Waals surface area contributed by atoms with Gasteiger partial charge in [-0.3, -0.25) is 4.90 Å². The van der Waals surface area contributed by atoms with Crippen LogP contribution in [0, 0.1) is 7.14 Å². The first-order valence-corrected chi connectivity index (χ1v) is 8.64. The Kier molecular flexibility index (Phi) is 8.00. The summed E-state index contributed by atoms with van der Waals surface area (Å²) < 4.78 is 29.6. The topological polar surface area (TPSA) is 55.7 Å². The number of phenolic OH excluding ortho intramolecular Hbond substituents is 1. The first-order chi connectivity index (χ1) is 9.86. The molecule has 0 spiro atoms. The van der Waals surface area contributed by atoms with E-state index < -0.39 is 18.6 Å². The number of hydrogen-bond donors (Lipinski definition) is 3. The monoisotopic (exact) mass is 560 g/mol. The van der Waals surface area contributed by atoms with Gasteiger partial charge in [0.15, 0.2) is 0 Å². The Labute approximate surface area is 161 Å². The SMILES string of the molecule is Cl.OCC(F)(F)[C@H](c1cc(I)c(O)c(I)c1)N1CCNCC1. The molecular weight excluding hydrogens is 543 g/mol. The zero-order chi connectivity index (χ0) is 15.6. The molecule has 0 unspecified atom stereocenters. The van der Waals surface area contributed by atoms with Crippen molar-refractivity contribution in [3.8, 4) is 5.75 Å². The lowest BCUT2D eigenvalue weighted by Gasteiger charge is -2.39. The average molecular weight is 561 g/mol. The van der Waals surface area contributed by atoms with Crippen LogP contribution >= 0.6 is 57.6 Å². The predicted octanol–water partition coefficient (Wildman–Crippen LogP) is 2.60. The van der Waals surface area contributed by atoms with Crippen molar-refractivity contribution in [2.75, 3.05) is 32.8 Å². The van der Waals surface area contributed by atoms with Crippen LogP contribution < -0.4 is 5.32 Å². The summed E-state index contributed by atoms with van der Waals surface area (Å²) in [6, 6.07) is 1.94. The molecule has 1 fully saturated rings. The Morgan fingerprint density at radius 1 is 1.23 bits per heavy atom. The molecule has 0 aromatic heterocycles. The molecule has 0 aliphatic carbocycles. The lowest BCUT2D eigenvalue weighted by Crippen LogP contribution is -2.51. The first kappa shape index (κ1) is 20.6. The van der Waals surface area contributed by atoms with E-state index in [0.717, 1.165) is 0 Å². The molecule has 0 bridgehead atoms. The highest BCUT2D eigenvalue weighted by molar-refractivity contribution is 14.1. The maximum absolute atomic E-state index is 14.3. The van der Waals surface area contributed by atoms with Crippen LogP contribution in [0.25, 0.3) is 0 Å². The van der Waals surface area contributed by atoms with Gasteiger partial charge in [0.1, 0.15) is 18.4 Å². The van der Waals surface area contributed by atoms with Crippen LogP contribution in [-0.2, 0) is 0 Å². The molecule has 9 heteroatoms. The van der Waals surface area contributed by atoms with Crippen molar-refractivity contribution in [2.24, 2.45) is 0 Å². The third-order valence-corrected chi connectivity index (χ3v) is 5.13. The van der Waals surface area contributed by atoms with Crippen molar-refractivity contribution < 1.29 is 19.0 Å². The smallest absolute Gasteiger partial charge is 0.289 e. The van der Waals surface area contributed by atoms with Crippen LogP contribution in [0.5, 0.6) is 5.75 Å². The number of nitrogens with one attached hydrogen (secondary N) is 1. The van der Waals surface area contributed by atoms with Crippen LogP contribution in [0.15, 0.2) is 12.1 Å². The molecule has 0 radical (unpaired) electrons. The summed E-state index contributed by atoms with van der Waals surface area (Å²) in [4.78, 5) is 1.69. The number of halogens is 5. The second-order valence-electron chi connectivity index (χ2n) is 4.94. The fourth-order valence-corrected chi connectivity index (χ4v) is 4.31. The maximum atomic E-state index is 14.3. The molecule has 1 aliphatic rings. The van der Waals surface area contributed by atoms with Gasteiger partial charge in [0.05, 0.1) is 7.14 Å². The van der Waals surface area contributed by atoms with E-state index in [2.05, 4.69) is 5.32 Å². The van der Waals surface area contributed by atoms with E-state index >= 15 is 0 Å². The predicted molar refractivity (Wildman–Crippen MR) is 100 cm³/mol. The van der Waals surface area contributed by atoms with E-state index in [1.165, 1.54) is 0 Å². The molecule has 126 valence electrons. The summed E-state index contributed by atoms with van der Waals surface area (Å²) in [5.74, 6) is -3.13. The third-order valence-electron chi connectivity index (χ3n) is 3.48. The zero-order valence-electron chi connectivity index (χ0n) is 11.5. The number of rotatable bonds is 4. The Balaban J connectivity index is 0.00000242. The third kappa shape index (κ3) is 4.53.